The molecule has 0 unspecified atom stereocenters. The average molecular weight is 516 g/mol. The molecular formula is C21H25IN8. The number of fused-ring (bicyclic) bond motifs is 2. The van der Waals surface area contributed by atoms with E-state index in [-0.39, 0.29) is 24.0 Å². The second kappa shape index (κ2) is 9.70. The molecule has 2 N–H and O–H groups in total. The number of rotatable bonds is 5. The van der Waals surface area contributed by atoms with Crippen LogP contribution in [0.5, 0.6) is 0 Å². The Labute approximate surface area is 192 Å². The van der Waals surface area contributed by atoms with Crippen LogP contribution in [0, 0.1) is 0 Å². The van der Waals surface area contributed by atoms with E-state index < -0.39 is 0 Å². The molecule has 0 saturated carbocycles. The number of para-hydroxylation sites is 1. The van der Waals surface area contributed by atoms with Crippen molar-refractivity contribution in [1.82, 2.24) is 30.2 Å². The molecule has 0 bridgehead atoms. The third-order valence-electron chi connectivity index (χ3n) is 4.71. The van der Waals surface area contributed by atoms with Crippen LogP contribution in [0.3, 0.4) is 0 Å². The molecule has 0 aliphatic carbocycles. The minimum Gasteiger partial charge on any atom is -0.363 e. The monoisotopic (exact) mass is 516 g/mol. The highest BCUT2D eigenvalue weighted by molar-refractivity contribution is 14.0. The van der Waals surface area contributed by atoms with Gasteiger partial charge >= 0.3 is 0 Å². The molecule has 0 atom stereocenters. The van der Waals surface area contributed by atoms with Gasteiger partial charge in [-0.2, -0.15) is 0 Å². The molecule has 3 heterocycles. The molecule has 0 amide bonds. The van der Waals surface area contributed by atoms with E-state index in [0.717, 1.165) is 33.8 Å². The molecule has 8 nitrogen and oxygen atoms in total. The first-order valence-electron chi connectivity index (χ1n) is 9.45. The van der Waals surface area contributed by atoms with Crippen LogP contribution >= 0.6 is 24.0 Å². The third kappa shape index (κ3) is 4.61. The largest absolute Gasteiger partial charge is 0.363 e. The second-order valence-corrected chi connectivity index (χ2v) is 6.88. The van der Waals surface area contributed by atoms with Crippen LogP contribution in [0.2, 0.25) is 0 Å². The fourth-order valence-electron chi connectivity index (χ4n) is 3.18. The smallest absolute Gasteiger partial charge is 0.191 e. The van der Waals surface area contributed by atoms with E-state index in [4.69, 9.17) is 4.98 Å². The predicted octanol–water partition coefficient (Wildman–Crippen LogP) is 2.83. The van der Waals surface area contributed by atoms with E-state index in [1.807, 2.05) is 66.0 Å². The van der Waals surface area contributed by atoms with Gasteiger partial charge in [0.05, 0.1) is 12.1 Å². The van der Waals surface area contributed by atoms with Gasteiger partial charge in [-0.1, -0.05) is 24.3 Å². The number of anilines is 1. The maximum absolute atomic E-state index is 4.72. The number of aliphatic imine (C=N–C) groups is 1. The number of nitrogens with zero attached hydrogens (tertiary/aromatic N) is 6. The predicted molar refractivity (Wildman–Crippen MR) is 132 cm³/mol. The number of nitrogens with one attached hydrogen (secondary N) is 2. The minimum atomic E-state index is 0. The third-order valence-corrected chi connectivity index (χ3v) is 4.71. The maximum atomic E-state index is 4.72. The van der Waals surface area contributed by atoms with Crippen LogP contribution in [0.15, 0.2) is 59.7 Å². The van der Waals surface area contributed by atoms with Gasteiger partial charge in [0.1, 0.15) is 5.82 Å². The number of benzene rings is 1. The Morgan fingerprint density at radius 1 is 1.03 bits per heavy atom. The Kier molecular flexibility index (Phi) is 7.03. The number of guanidine groups is 1. The summed E-state index contributed by atoms with van der Waals surface area (Å²) < 4.78 is 1.96. The van der Waals surface area contributed by atoms with Crippen LogP contribution < -0.4 is 15.5 Å². The fourth-order valence-corrected chi connectivity index (χ4v) is 3.18. The Morgan fingerprint density at radius 3 is 2.60 bits per heavy atom. The molecule has 30 heavy (non-hydrogen) atoms. The minimum absolute atomic E-state index is 0. The summed E-state index contributed by atoms with van der Waals surface area (Å²) in [5.74, 6) is 2.45. The van der Waals surface area contributed by atoms with Gasteiger partial charge in [0, 0.05) is 39.3 Å². The molecule has 0 radical (unpaired) electrons. The molecule has 0 aliphatic rings. The van der Waals surface area contributed by atoms with Crippen LogP contribution in [0.4, 0.5) is 5.82 Å². The lowest BCUT2D eigenvalue weighted by Crippen LogP contribution is -2.36. The van der Waals surface area contributed by atoms with Gasteiger partial charge in [-0.25, -0.2) is 4.98 Å². The highest BCUT2D eigenvalue weighted by atomic mass is 127. The summed E-state index contributed by atoms with van der Waals surface area (Å²) in [6.45, 7) is 1.15. The van der Waals surface area contributed by atoms with E-state index in [2.05, 4.69) is 38.0 Å². The summed E-state index contributed by atoms with van der Waals surface area (Å²) in [4.78, 5) is 11.1. The van der Waals surface area contributed by atoms with Gasteiger partial charge < -0.3 is 15.5 Å². The first-order valence-corrected chi connectivity index (χ1v) is 9.45. The Bertz CT molecular complexity index is 1170. The summed E-state index contributed by atoms with van der Waals surface area (Å²) in [6.07, 6.45) is 1.95. The van der Waals surface area contributed by atoms with E-state index in [1.165, 1.54) is 0 Å². The highest BCUT2D eigenvalue weighted by Gasteiger charge is 2.09. The average Bonchev–Trinajstić information content (AvgIpc) is 3.16. The van der Waals surface area contributed by atoms with Crippen LogP contribution in [-0.2, 0) is 13.1 Å². The van der Waals surface area contributed by atoms with Crippen molar-refractivity contribution in [3.63, 3.8) is 0 Å². The summed E-state index contributed by atoms with van der Waals surface area (Å²) in [5.41, 5.74) is 2.97. The molecule has 9 heteroatoms. The normalized spacial score (nSPS) is 11.4. The van der Waals surface area contributed by atoms with Crippen molar-refractivity contribution in [2.45, 2.75) is 13.1 Å². The van der Waals surface area contributed by atoms with Gasteiger partial charge in [-0.05, 0) is 29.8 Å². The molecule has 0 saturated heterocycles. The SMILES string of the molecule is CN=C(NCc1cc(N(C)C)nc2ccccc12)NCc1nnc2ccccn12.I. The van der Waals surface area contributed by atoms with Crippen LogP contribution in [0.1, 0.15) is 11.4 Å². The lowest BCUT2D eigenvalue weighted by molar-refractivity contribution is 0.763. The summed E-state index contributed by atoms with van der Waals surface area (Å²) in [6, 6.07) is 16.1. The van der Waals surface area contributed by atoms with E-state index in [9.17, 15) is 0 Å². The summed E-state index contributed by atoms with van der Waals surface area (Å²) in [5, 5.41) is 16.3. The quantitative estimate of drug-likeness (QED) is 0.241. The highest BCUT2D eigenvalue weighted by Crippen LogP contribution is 2.22. The number of hydrogen-bond donors (Lipinski definition) is 2. The van der Waals surface area contributed by atoms with Gasteiger partial charge in [0.15, 0.2) is 17.4 Å². The van der Waals surface area contributed by atoms with Gasteiger partial charge in [-0.15, -0.1) is 34.2 Å². The Balaban J connectivity index is 0.00000256. The molecule has 3 aromatic heterocycles. The lowest BCUT2D eigenvalue weighted by atomic mass is 10.1. The topological polar surface area (TPSA) is 82.7 Å². The summed E-state index contributed by atoms with van der Waals surface area (Å²) in [7, 11) is 5.75. The van der Waals surface area contributed by atoms with Crippen molar-refractivity contribution < 1.29 is 0 Å². The molecule has 0 fully saturated rings. The zero-order chi connectivity index (χ0) is 20.2. The first-order chi connectivity index (χ1) is 14.2. The van der Waals surface area contributed by atoms with Crippen LogP contribution in [-0.4, -0.2) is 46.7 Å². The maximum Gasteiger partial charge on any atom is 0.191 e. The van der Waals surface area contributed by atoms with Crippen molar-refractivity contribution >= 4 is 52.3 Å². The van der Waals surface area contributed by atoms with E-state index in [1.54, 1.807) is 7.05 Å². The number of halogens is 1. The van der Waals surface area contributed by atoms with Crippen molar-refractivity contribution in [2.75, 3.05) is 26.0 Å². The Hall–Kier alpha value is -2.95. The zero-order valence-electron chi connectivity index (χ0n) is 17.2. The van der Waals surface area contributed by atoms with E-state index >= 15 is 0 Å². The molecule has 0 aliphatic heterocycles. The number of aromatic nitrogens is 4. The van der Waals surface area contributed by atoms with Gasteiger partial charge in [0.2, 0.25) is 0 Å². The molecule has 4 aromatic rings. The fraction of sp³-hybridized carbons (Fsp3) is 0.238. The van der Waals surface area contributed by atoms with Gasteiger partial charge in [-0.3, -0.25) is 9.39 Å². The molecular weight excluding hydrogens is 491 g/mol. The second-order valence-electron chi connectivity index (χ2n) is 6.88. The molecule has 156 valence electrons. The zero-order valence-corrected chi connectivity index (χ0v) is 19.5. The Morgan fingerprint density at radius 2 is 1.80 bits per heavy atom. The molecule has 4 rings (SSSR count). The molecule has 0 spiro atoms. The van der Waals surface area contributed by atoms with Crippen molar-refractivity contribution in [3.8, 4) is 0 Å². The number of pyridine rings is 2. The van der Waals surface area contributed by atoms with Crippen LogP contribution in [0.25, 0.3) is 16.6 Å². The van der Waals surface area contributed by atoms with Crippen molar-refractivity contribution in [1.29, 1.82) is 0 Å². The summed E-state index contributed by atoms with van der Waals surface area (Å²) >= 11 is 0. The van der Waals surface area contributed by atoms with Crippen molar-refractivity contribution in [3.05, 3.63) is 66.1 Å². The van der Waals surface area contributed by atoms with Gasteiger partial charge in [0.25, 0.3) is 0 Å². The first kappa shape index (κ1) is 21.8. The van der Waals surface area contributed by atoms with Crippen molar-refractivity contribution in [2.24, 2.45) is 4.99 Å². The standard InChI is InChI=1S/C21H24N8.HI/c1-22-21(24-14-20-27-26-18-10-6-7-11-29(18)20)23-13-15-12-19(28(2)3)25-17-9-5-4-8-16(15)17;/h4-12H,13-14H2,1-3H3,(H2,22,23,24);1H. The number of hydrogen-bond acceptors (Lipinski definition) is 5. The molecule has 1 aromatic carbocycles. The van der Waals surface area contributed by atoms with E-state index in [0.29, 0.717) is 19.0 Å². The lowest BCUT2D eigenvalue weighted by Gasteiger charge is -2.16.